The van der Waals surface area contributed by atoms with Gasteiger partial charge in [-0.1, -0.05) is 44.7 Å². The summed E-state index contributed by atoms with van der Waals surface area (Å²) in [5.74, 6) is -0.000967. The van der Waals surface area contributed by atoms with E-state index in [1.807, 2.05) is 18.2 Å². The second kappa shape index (κ2) is 10.1. The van der Waals surface area contributed by atoms with E-state index in [0.29, 0.717) is 23.4 Å². The van der Waals surface area contributed by atoms with Crippen molar-refractivity contribution in [2.75, 3.05) is 6.61 Å². The minimum atomic E-state index is -3.92. The molecule has 2 N–H and O–H groups in total. The molecule has 0 saturated carbocycles. The van der Waals surface area contributed by atoms with E-state index in [-0.39, 0.29) is 10.5 Å². The van der Waals surface area contributed by atoms with Gasteiger partial charge in [0.2, 0.25) is 0 Å². The first kappa shape index (κ1) is 21.6. The number of hydrazone groups is 1. The normalized spacial score (nSPS) is 11.9. The molecule has 0 aliphatic heterocycles. The molecule has 0 aliphatic carbocycles. The van der Waals surface area contributed by atoms with Crippen LogP contribution in [0.3, 0.4) is 0 Å². The second-order valence-electron chi connectivity index (χ2n) is 6.83. The molecule has 9 heteroatoms. The number of ether oxygens (including phenoxy) is 1. The van der Waals surface area contributed by atoms with Crippen molar-refractivity contribution in [3.63, 3.8) is 0 Å². The molecule has 1 heterocycles. The van der Waals surface area contributed by atoms with Gasteiger partial charge in [-0.3, -0.25) is 4.98 Å². The highest BCUT2D eigenvalue weighted by atomic mass is 32.2. The number of benzene rings is 2. The van der Waals surface area contributed by atoms with E-state index in [1.165, 1.54) is 43.7 Å². The maximum absolute atomic E-state index is 12.5. The van der Waals surface area contributed by atoms with E-state index in [4.69, 9.17) is 9.15 Å². The lowest BCUT2D eigenvalue weighted by Gasteiger charge is -2.09. The highest BCUT2D eigenvalue weighted by Gasteiger charge is 2.15. The van der Waals surface area contributed by atoms with Gasteiger partial charge in [0.05, 0.1) is 23.2 Å². The molecule has 0 saturated heterocycles. The Hall–Kier alpha value is -3.07. The van der Waals surface area contributed by atoms with E-state index in [9.17, 15) is 13.2 Å². The number of H-pyrrole nitrogens is 1. The number of sulfonamides is 1. The average molecular weight is 432 g/mol. The van der Waals surface area contributed by atoms with Crippen LogP contribution in [0.2, 0.25) is 0 Å². The minimum absolute atomic E-state index is 0.0634. The third kappa shape index (κ3) is 5.73. The number of oxazole rings is 1. The Morgan fingerprint density at radius 3 is 2.77 bits per heavy atom. The number of hydrogen-bond acceptors (Lipinski definition) is 6. The van der Waals surface area contributed by atoms with Crippen molar-refractivity contribution in [1.82, 2.24) is 9.82 Å². The first-order valence-electron chi connectivity index (χ1n) is 9.89. The summed E-state index contributed by atoms with van der Waals surface area (Å²) in [5, 5.41) is 3.86. The van der Waals surface area contributed by atoms with Crippen molar-refractivity contribution in [2.24, 2.45) is 5.10 Å². The van der Waals surface area contributed by atoms with Crippen LogP contribution in [0.4, 0.5) is 0 Å². The summed E-state index contributed by atoms with van der Waals surface area (Å²) in [6.45, 7) is 2.78. The van der Waals surface area contributed by atoms with Crippen LogP contribution in [0.15, 0.2) is 61.7 Å². The van der Waals surface area contributed by atoms with Crippen LogP contribution in [0.5, 0.6) is 5.75 Å². The van der Waals surface area contributed by atoms with Crippen LogP contribution < -0.4 is 15.3 Å². The Morgan fingerprint density at radius 2 is 1.93 bits per heavy atom. The first-order valence-corrected chi connectivity index (χ1v) is 11.4. The van der Waals surface area contributed by atoms with Gasteiger partial charge in [0.15, 0.2) is 5.58 Å². The van der Waals surface area contributed by atoms with E-state index in [0.717, 1.165) is 12.8 Å². The van der Waals surface area contributed by atoms with E-state index >= 15 is 0 Å². The predicted molar refractivity (Wildman–Crippen MR) is 115 cm³/mol. The molecule has 0 radical (unpaired) electrons. The van der Waals surface area contributed by atoms with Gasteiger partial charge in [0.1, 0.15) is 5.75 Å². The smallest absolute Gasteiger partial charge is 0.417 e. The van der Waals surface area contributed by atoms with Gasteiger partial charge in [-0.25, -0.2) is 9.63 Å². The van der Waals surface area contributed by atoms with E-state index in [2.05, 4.69) is 21.8 Å². The van der Waals surface area contributed by atoms with Gasteiger partial charge in [0.25, 0.3) is 10.0 Å². The summed E-state index contributed by atoms with van der Waals surface area (Å²) in [4.78, 5) is 15.8. The Morgan fingerprint density at radius 1 is 1.13 bits per heavy atom. The summed E-state index contributed by atoms with van der Waals surface area (Å²) in [7, 11) is -3.92. The highest BCUT2D eigenvalue weighted by molar-refractivity contribution is 7.89. The number of aromatic nitrogens is 1. The molecule has 30 heavy (non-hydrogen) atoms. The average Bonchev–Trinajstić information content (AvgIpc) is 3.10. The number of unbranched alkanes of at least 4 members (excludes halogenated alkanes) is 4. The molecule has 2 aromatic carbocycles. The van der Waals surface area contributed by atoms with E-state index < -0.39 is 15.8 Å². The number of rotatable bonds is 11. The molecule has 8 nitrogen and oxygen atoms in total. The molecule has 0 spiro atoms. The Kier molecular flexibility index (Phi) is 7.29. The van der Waals surface area contributed by atoms with Crippen LogP contribution in [-0.4, -0.2) is 26.2 Å². The van der Waals surface area contributed by atoms with Crippen LogP contribution in [-0.2, 0) is 10.0 Å². The fraction of sp³-hybridized carbons (Fsp3) is 0.333. The van der Waals surface area contributed by atoms with Crippen LogP contribution >= 0.6 is 0 Å². The third-order valence-electron chi connectivity index (χ3n) is 4.50. The fourth-order valence-corrected chi connectivity index (χ4v) is 3.72. The molecule has 3 rings (SSSR count). The van der Waals surface area contributed by atoms with Crippen LogP contribution in [0.25, 0.3) is 11.1 Å². The molecule has 3 aromatic rings. The van der Waals surface area contributed by atoms with Crippen LogP contribution in [0, 0.1) is 0 Å². The first-order chi connectivity index (χ1) is 14.5. The number of nitrogens with zero attached hydrogens (tertiary/aromatic N) is 1. The van der Waals surface area contributed by atoms with Gasteiger partial charge < -0.3 is 9.15 Å². The van der Waals surface area contributed by atoms with Gasteiger partial charge in [-0.2, -0.15) is 13.5 Å². The Labute approximate surface area is 175 Å². The summed E-state index contributed by atoms with van der Waals surface area (Å²) in [5.41, 5.74) is 1.24. The molecule has 0 aliphatic rings. The van der Waals surface area contributed by atoms with Gasteiger partial charge in [0, 0.05) is 11.6 Å². The molecule has 0 amide bonds. The van der Waals surface area contributed by atoms with Crippen LogP contribution in [0.1, 0.15) is 44.6 Å². The topological polar surface area (TPSA) is 114 Å². The van der Waals surface area contributed by atoms with Gasteiger partial charge >= 0.3 is 5.76 Å². The van der Waals surface area contributed by atoms with Crippen molar-refractivity contribution in [2.45, 2.75) is 43.9 Å². The molecular weight excluding hydrogens is 406 g/mol. The second-order valence-corrected chi connectivity index (χ2v) is 8.49. The summed E-state index contributed by atoms with van der Waals surface area (Å²) in [6.07, 6.45) is 7.11. The lowest BCUT2D eigenvalue weighted by molar-refractivity contribution is 0.304. The van der Waals surface area contributed by atoms with Crippen molar-refractivity contribution in [3.8, 4) is 5.75 Å². The fourth-order valence-electron chi connectivity index (χ4n) is 2.92. The molecule has 0 fully saturated rings. The summed E-state index contributed by atoms with van der Waals surface area (Å²) in [6, 6.07) is 11.4. The molecule has 0 bridgehead atoms. The molecule has 0 atom stereocenters. The molecule has 160 valence electrons. The van der Waals surface area contributed by atoms with Crippen molar-refractivity contribution >= 4 is 27.3 Å². The summed E-state index contributed by atoms with van der Waals surface area (Å²) >= 11 is 0. The Bertz CT molecular complexity index is 1160. The monoisotopic (exact) mass is 431 g/mol. The zero-order valence-electron chi connectivity index (χ0n) is 16.8. The number of para-hydroxylation sites is 1. The largest absolute Gasteiger partial charge is 0.493 e. The zero-order chi connectivity index (χ0) is 21.4. The molecule has 1 aromatic heterocycles. The Balaban J connectivity index is 1.63. The number of aromatic amines is 1. The van der Waals surface area contributed by atoms with Gasteiger partial charge in [-0.15, -0.1) is 0 Å². The highest BCUT2D eigenvalue weighted by Crippen LogP contribution is 2.18. The maximum atomic E-state index is 12.5. The lowest BCUT2D eigenvalue weighted by atomic mass is 10.2. The zero-order valence-corrected chi connectivity index (χ0v) is 17.6. The standard InChI is InChI=1S/C21H25N3O5S/c1-2-3-4-5-8-13-28-19-10-7-6-9-16(19)15-22-24-30(26,27)17-11-12-18-20(14-17)29-21(25)23-18/h6-7,9-12,14-15,24H,2-5,8,13H2,1H3,(H,23,25)/b22-15+. The molecular formula is C21H25N3O5S. The lowest BCUT2D eigenvalue weighted by Crippen LogP contribution is -2.18. The van der Waals surface area contributed by atoms with Gasteiger partial charge in [-0.05, 0) is 30.7 Å². The number of nitrogens with one attached hydrogen (secondary N) is 2. The molecule has 0 unspecified atom stereocenters. The van der Waals surface area contributed by atoms with Crippen molar-refractivity contribution in [1.29, 1.82) is 0 Å². The third-order valence-corrected chi connectivity index (χ3v) is 5.72. The minimum Gasteiger partial charge on any atom is -0.493 e. The summed E-state index contributed by atoms with van der Waals surface area (Å²) < 4.78 is 35.7. The maximum Gasteiger partial charge on any atom is 0.417 e. The quantitative estimate of drug-likeness (QED) is 0.272. The predicted octanol–water partition coefficient (Wildman–Crippen LogP) is 3.78. The number of fused-ring (bicyclic) bond motifs is 1. The van der Waals surface area contributed by atoms with Crippen molar-refractivity contribution in [3.05, 3.63) is 58.6 Å². The van der Waals surface area contributed by atoms with Crippen molar-refractivity contribution < 1.29 is 17.6 Å². The SMILES string of the molecule is CCCCCCCOc1ccccc1/C=N/NS(=O)(=O)c1ccc2[nH]c(=O)oc2c1. The number of hydrogen-bond donors (Lipinski definition) is 2. The van der Waals surface area contributed by atoms with E-state index in [1.54, 1.807) is 6.07 Å².